The molecule has 0 aliphatic heterocycles. The van der Waals surface area contributed by atoms with Crippen molar-refractivity contribution in [3.8, 4) is 0 Å². The van der Waals surface area contributed by atoms with Crippen LogP contribution in [0.15, 0.2) is 38.7 Å². The lowest BCUT2D eigenvalue weighted by molar-refractivity contribution is -0.141. The van der Waals surface area contributed by atoms with E-state index in [0.717, 1.165) is 17.6 Å². The number of esters is 1. The lowest BCUT2D eigenvalue weighted by atomic mass is 10.3. The monoisotopic (exact) mass is 409 g/mol. The summed E-state index contributed by atoms with van der Waals surface area (Å²) in [4.78, 5) is 28.5. The van der Waals surface area contributed by atoms with E-state index in [0.29, 0.717) is 16.0 Å². The SMILES string of the molecule is COC(=O)Cn1c(=NC(=O)c2cc(C)on2)sc2cc(S(C)(=O)=O)ccc21. The van der Waals surface area contributed by atoms with Crippen LogP contribution in [0.25, 0.3) is 10.2 Å². The maximum absolute atomic E-state index is 12.3. The summed E-state index contributed by atoms with van der Waals surface area (Å²) in [5.74, 6) is -0.710. The third-order valence-corrected chi connectivity index (χ3v) is 5.79. The number of methoxy groups -OCH3 is 1. The first-order valence-corrected chi connectivity index (χ1v) is 10.3. The van der Waals surface area contributed by atoms with Crippen molar-refractivity contribution in [1.82, 2.24) is 9.72 Å². The first-order valence-electron chi connectivity index (χ1n) is 7.61. The fourth-order valence-corrected chi connectivity index (χ4v) is 4.12. The van der Waals surface area contributed by atoms with Gasteiger partial charge in [0.15, 0.2) is 20.3 Å². The van der Waals surface area contributed by atoms with Gasteiger partial charge in [0.25, 0.3) is 0 Å². The number of ether oxygens (including phenoxy) is 1. The van der Waals surface area contributed by atoms with Gasteiger partial charge >= 0.3 is 11.9 Å². The lowest BCUT2D eigenvalue weighted by Gasteiger charge is -2.04. The highest BCUT2D eigenvalue weighted by atomic mass is 32.2. The second-order valence-corrected chi connectivity index (χ2v) is 8.71. The standard InChI is InChI=1S/C16H15N3O6S2/c1-9-6-11(18-25-9)15(21)17-16-19(8-14(20)24-2)12-5-4-10(27(3,22)23)7-13(12)26-16/h4-7H,8H2,1-3H3. The molecule has 27 heavy (non-hydrogen) atoms. The van der Waals surface area contributed by atoms with Crippen LogP contribution < -0.4 is 4.80 Å². The van der Waals surface area contributed by atoms with Crippen molar-refractivity contribution in [1.29, 1.82) is 0 Å². The number of aromatic nitrogens is 2. The van der Waals surface area contributed by atoms with Gasteiger partial charge in [0, 0.05) is 12.3 Å². The number of fused-ring (bicyclic) bond motifs is 1. The largest absolute Gasteiger partial charge is 0.468 e. The molecule has 2 heterocycles. The molecule has 0 atom stereocenters. The van der Waals surface area contributed by atoms with E-state index in [2.05, 4.69) is 10.1 Å². The van der Waals surface area contributed by atoms with Crippen LogP contribution in [-0.2, 0) is 25.9 Å². The molecule has 3 aromatic rings. The number of aryl methyl sites for hydroxylation is 1. The van der Waals surface area contributed by atoms with Crippen LogP contribution in [0.2, 0.25) is 0 Å². The van der Waals surface area contributed by atoms with E-state index in [1.54, 1.807) is 13.0 Å². The Morgan fingerprint density at radius 1 is 1.33 bits per heavy atom. The van der Waals surface area contributed by atoms with Gasteiger partial charge in [-0.05, 0) is 25.1 Å². The average molecular weight is 409 g/mol. The zero-order chi connectivity index (χ0) is 19.8. The topological polar surface area (TPSA) is 121 Å². The van der Waals surface area contributed by atoms with Crippen molar-refractivity contribution < 1.29 is 27.3 Å². The fraction of sp³-hybridized carbons (Fsp3) is 0.250. The Bertz CT molecular complexity index is 1220. The van der Waals surface area contributed by atoms with E-state index in [9.17, 15) is 18.0 Å². The Hall–Kier alpha value is -2.79. The number of thiazole rings is 1. The number of amides is 1. The normalized spacial score (nSPS) is 12.5. The second-order valence-electron chi connectivity index (χ2n) is 5.69. The summed E-state index contributed by atoms with van der Waals surface area (Å²) in [6.45, 7) is 1.46. The van der Waals surface area contributed by atoms with Crippen LogP contribution in [0, 0.1) is 6.92 Å². The van der Waals surface area contributed by atoms with E-state index >= 15 is 0 Å². The number of carbonyl (C=O) groups is 2. The zero-order valence-corrected chi connectivity index (χ0v) is 16.3. The highest BCUT2D eigenvalue weighted by molar-refractivity contribution is 7.90. The first kappa shape index (κ1) is 19.0. The third kappa shape index (κ3) is 3.98. The minimum Gasteiger partial charge on any atom is -0.468 e. The smallest absolute Gasteiger partial charge is 0.325 e. The van der Waals surface area contributed by atoms with E-state index < -0.39 is 21.7 Å². The number of hydrogen-bond donors (Lipinski definition) is 0. The maximum Gasteiger partial charge on any atom is 0.325 e. The summed E-state index contributed by atoms with van der Waals surface area (Å²) in [6, 6.07) is 5.93. The highest BCUT2D eigenvalue weighted by Crippen LogP contribution is 2.22. The van der Waals surface area contributed by atoms with Gasteiger partial charge in [-0.25, -0.2) is 8.42 Å². The first-order chi connectivity index (χ1) is 12.7. The minimum atomic E-state index is -3.40. The lowest BCUT2D eigenvalue weighted by Crippen LogP contribution is -2.22. The zero-order valence-electron chi connectivity index (χ0n) is 14.6. The van der Waals surface area contributed by atoms with Gasteiger partial charge in [-0.2, -0.15) is 4.99 Å². The quantitative estimate of drug-likeness (QED) is 0.596. The van der Waals surface area contributed by atoms with Crippen molar-refractivity contribution in [3.05, 3.63) is 40.5 Å². The molecule has 0 saturated carbocycles. The Morgan fingerprint density at radius 2 is 2.07 bits per heavy atom. The highest BCUT2D eigenvalue weighted by Gasteiger charge is 2.16. The van der Waals surface area contributed by atoms with Crippen molar-refractivity contribution in [2.45, 2.75) is 18.4 Å². The van der Waals surface area contributed by atoms with Crippen LogP contribution in [0.3, 0.4) is 0 Å². The molecule has 3 rings (SSSR count). The van der Waals surface area contributed by atoms with Crippen molar-refractivity contribution >= 4 is 43.3 Å². The average Bonchev–Trinajstić information content (AvgIpc) is 3.17. The summed E-state index contributed by atoms with van der Waals surface area (Å²) in [5, 5.41) is 3.63. The molecule has 0 radical (unpaired) electrons. The van der Waals surface area contributed by atoms with Gasteiger partial charge in [-0.15, -0.1) is 0 Å². The molecule has 1 amide bonds. The number of nitrogens with zero attached hydrogens (tertiary/aromatic N) is 3. The van der Waals surface area contributed by atoms with Crippen molar-refractivity contribution in [2.75, 3.05) is 13.4 Å². The Balaban J connectivity index is 2.19. The van der Waals surface area contributed by atoms with Gasteiger partial charge in [0.05, 0.1) is 22.2 Å². The summed E-state index contributed by atoms with van der Waals surface area (Å²) >= 11 is 1.08. The van der Waals surface area contributed by atoms with Crippen LogP contribution in [0.1, 0.15) is 16.2 Å². The number of sulfone groups is 1. The molecule has 2 aromatic heterocycles. The second kappa shape index (κ2) is 7.08. The maximum atomic E-state index is 12.3. The molecule has 0 fully saturated rings. The molecule has 0 spiro atoms. The summed E-state index contributed by atoms with van der Waals surface area (Å²) < 4.78 is 35.2. The molecule has 0 saturated heterocycles. The minimum absolute atomic E-state index is 0.0337. The van der Waals surface area contributed by atoms with Gasteiger partial charge in [0.1, 0.15) is 12.3 Å². The Kier molecular flexibility index (Phi) is 4.98. The van der Waals surface area contributed by atoms with Gasteiger partial charge in [-0.1, -0.05) is 16.5 Å². The molecule has 0 aliphatic carbocycles. The van der Waals surface area contributed by atoms with Crippen LogP contribution in [-0.4, -0.2) is 43.4 Å². The number of hydrogen-bond acceptors (Lipinski definition) is 8. The molecule has 142 valence electrons. The van der Waals surface area contributed by atoms with Crippen LogP contribution in [0.5, 0.6) is 0 Å². The molecule has 0 aliphatic rings. The van der Waals surface area contributed by atoms with Gasteiger partial charge in [-0.3, -0.25) is 9.59 Å². The third-order valence-electron chi connectivity index (χ3n) is 3.64. The molecular formula is C16H15N3O6S2. The fourth-order valence-electron chi connectivity index (χ4n) is 2.33. The number of benzene rings is 1. The summed E-state index contributed by atoms with van der Waals surface area (Å²) in [5.41, 5.74) is 0.590. The van der Waals surface area contributed by atoms with E-state index in [-0.39, 0.29) is 21.9 Å². The molecule has 1 aromatic carbocycles. The van der Waals surface area contributed by atoms with E-state index in [4.69, 9.17) is 9.26 Å². The molecule has 0 unspecified atom stereocenters. The molecular weight excluding hydrogens is 394 g/mol. The molecule has 9 nitrogen and oxygen atoms in total. The molecule has 0 N–H and O–H groups in total. The van der Waals surface area contributed by atoms with Gasteiger partial charge in [0.2, 0.25) is 0 Å². The summed E-state index contributed by atoms with van der Waals surface area (Å²) in [6.07, 6.45) is 1.10. The number of rotatable bonds is 4. The summed E-state index contributed by atoms with van der Waals surface area (Å²) in [7, 11) is -2.15. The van der Waals surface area contributed by atoms with Crippen LogP contribution in [0.4, 0.5) is 0 Å². The Labute approximate surface area is 157 Å². The molecule has 11 heteroatoms. The van der Waals surface area contributed by atoms with Gasteiger partial charge < -0.3 is 13.8 Å². The van der Waals surface area contributed by atoms with Crippen molar-refractivity contribution in [2.24, 2.45) is 4.99 Å². The predicted molar refractivity (Wildman–Crippen MR) is 96.1 cm³/mol. The van der Waals surface area contributed by atoms with Crippen molar-refractivity contribution in [3.63, 3.8) is 0 Å². The van der Waals surface area contributed by atoms with Crippen LogP contribution >= 0.6 is 11.3 Å². The van der Waals surface area contributed by atoms with E-state index in [1.807, 2.05) is 0 Å². The predicted octanol–water partition coefficient (Wildman–Crippen LogP) is 1.32. The van der Waals surface area contributed by atoms with E-state index in [1.165, 1.54) is 29.9 Å². The number of carbonyl (C=O) groups excluding carboxylic acids is 2. The Morgan fingerprint density at radius 3 is 2.67 bits per heavy atom. The molecule has 0 bridgehead atoms.